The highest BCUT2D eigenvalue weighted by Crippen LogP contribution is 2.50. The molecule has 0 saturated carbocycles. The van der Waals surface area contributed by atoms with E-state index in [1.54, 1.807) is 12.1 Å². The minimum atomic E-state index is -0.480. The fourth-order valence-electron chi connectivity index (χ4n) is 4.16. The predicted molar refractivity (Wildman–Crippen MR) is 97.9 cm³/mol. The van der Waals surface area contributed by atoms with Crippen molar-refractivity contribution in [3.63, 3.8) is 0 Å². The number of hydrogen-bond donors (Lipinski definition) is 1. The van der Waals surface area contributed by atoms with E-state index in [0.29, 0.717) is 30.2 Å². The largest absolute Gasteiger partial charge is 0.502 e. The third kappa shape index (κ3) is 2.33. The molecular weight excluding hydrogens is 366 g/mol. The number of fused-ring (bicyclic) bond motifs is 3. The van der Waals surface area contributed by atoms with Gasteiger partial charge < -0.3 is 33.7 Å². The summed E-state index contributed by atoms with van der Waals surface area (Å²) in [7, 11) is 2.93. The Balaban J connectivity index is 1.72. The van der Waals surface area contributed by atoms with Crippen LogP contribution in [0.1, 0.15) is 5.56 Å². The topological polar surface area (TPSA) is 86.7 Å². The second-order valence-electron chi connectivity index (χ2n) is 6.94. The molecule has 8 nitrogen and oxygen atoms in total. The van der Waals surface area contributed by atoms with Gasteiger partial charge in [0.25, 0.3) is 0 Å². The Kier molecular flexibility index (Phi) is 3.68. The first kappa shape index (κ1) is 16.9. The van der Waals surface area contributed by atoms with E-state index in [9.17, 15) is 9.90 Å². The maximum atomic E-state index is 12.6. The maximum Gasteiger partial charge on any atom is 0.329 e. The minimum Gasteiger partial charge on any atom is -0.502 e. The van der Waals surface area contributed by atoms with Crippen LogP contribution in [0.4, 0.5) is 11.4 Å². The Labute approximate surface area is 161 Å². The van der Waals surface area contributed by atoms with E-state index in [-0.39, 0.29) is 35.9 Å². The Bertz CT molecular complexity index is 948. The van der Waals surface area contributed by atoms with Crippen molar-refractivity contribution >= 4 is 17.3 Å². The summed E-state index contributed by atoms with van der Waals surface area (Å²) in [4.78, 5) is 14.5. The van der Waals surface area contributed by atoms with Crippen LogP contribution in [-0.2, 0) is 16.0 Å². The smallest absolute Gasteiger partial charge is 0.329 e. The second kappa shape index (κ2) is 6.12. The molecule has 0 radical (unpaired) electrons. The summed E-state index contributed by atoms with van der Waals surface area (Å²) in [5.74, 6) is 1.47. The zero-order chi connectivity index (χ0) is 19.4. The van der Waals surface area contributed by atoms with Crippen molar-refractivity contribution in [2.45, 2.75) is 12.5 Å². The summed E-state index contributed by atoms with van der Waals surface area (Å²) >= 11 is 0. The van der Waals surface area contributed by atoms with Crippen molar-refractivity contribution in [3.05, 3.63) is 29.8 Å². The zero-order valence-electron chi connectivity index (χ0n) is 15.4. The molecule has 1 N–H and O–H groups in total. The summed E-state index contributed by atoms with van der Waals surface area (Å²) in [6.45, 7) is 0.536. The second-order valence-corrected chi connectivity index (χ2v) is 6.94. The number of benzene rings is 2. The number of nitrogens with zero attached hydrogens (tertiary/aromatic N) is 1. The highest BCUT2D eigenvalue weighted by Gasteiger charge is 2.46. The van der Waals surface area contributed by atoms with Crippen LogP contribution >= 0.6 is 0 Å². The molecule has 3 aliphatic rings. The zero-order valence-corrected chi connectivity index (χ0v) is 15.4. The van der Waals surface area contributed by atoms with Crippen LogP contribution in [0.2, 0.25) is 0 Å². The maximum absolute atomic E-state index is 12.6. The van der Waals surface area contributed by atoms with Crippen LogP contribution in [0.15, 0.2) is 24.3 Å². The molecule has 146 valence electrons. The minimum absolute atomic E-state index is 0.00571. The lowest BCUT2D eigenvalue weighted by atomic mass is 9.86. The molecule has 2 atom stereocenters. The van der Waals surface area contributed by atoms with Gasteiger partial charge in [-0.05, 0) is 18.1 Å². The van der Waals surface area contributed by atoms with Crippen LogP contribution < -0.4 is 23.8 Å². The van der Waals surface area contributed by atoms with E-state index >= 15 is 0 Å². The molecule has 2 aromatic rings. The fourth-order valence-corrected chi connectivity index (χ4v) is 4.16. The number of cyclic esters (lactones) is 1. The average molecular weight is 385 g/mol. The number of anilines is 2. The van der Waals surface area contributed by atoms with Crippen LogP contribution in [0.3, 0.4) is 0 Å². The molecule has 1 fully saturated rings. The van der Waals surface area contributed by atoms with Gasteiger partial charge in [0.1, 0.15) is 6.04 Å². The molecule has 0 spiro atoms. The van der Waals surface area contributed by atoms with Gasteiger partial charge in [0, 0.05) is 35.5 Å². The number of phenolic OH excluding ortho intramolecular Hbond substituents is 1. The van der Waals surface area contributed by atoms with E-state index < -0.39 is 6.04 Å². The van der Waals surface area contributed by atoms with Gasteiger partial charge >= 0.3 is 5.97 Å². The number of esters is 1. The van der Waals surface area contributed by atoms with E-state index in [1.165, 1.54) is 14.2 Å². The average Bonchev–Trinajstić information content (AvgIpc) is 3.31. The number of hydrogen-bond acceptors (Lipinski definition) is 8. The number of phenols is 1. The van der Waals surface area contributed by atoms with Gasteiger partial charge in [-0.2, -0.15) is 0 Å². The lowest BCUT2D eigenvalue weighted by Gasteiger charge is -2.38. The Morgan fingerprint density at radius 1 is 1.04 bits per heavy atom. The Morgan fingerprint density at radius 3 is 2.39 bits per heavy atom. The molecule has 28 heavy (non-hydrogen) atoms. The quantitative estimate of drug-likeness (QED) is 0.806. The number of carbonyl (C=O) groups is 1. The van der Waals surface area contributed by atoms with Gasteiger partial charge in [-0.15, -0.1) is 0 Å². The molecule has 5 rings (SSSR count). The third-order valence-corrected chi connectivity index (χ3v) is 5.46. The van der Waals surface area contributed by atoms with Crippen LogP contribution in [0, 0.1) is 5.92 Å². The molecule has 2 aromatic carbocycles. The molecule has 0 aromatic heterocycles. The highest BCUT2D eigenvalue weighted by molar-refractivity contribution is 5.89. The molecule has 1 saturated heterocycles. The van der Waals surface area contributed by atoms with Crippen molar-refractivity contribution in [2.24, 2.45) is 5.92 Å². The summed E-state index contributed by atoms with van der Waals surface area (Å²) < 4.78 is 27.0. The van der Waals surface area contributed by atoms with Crippen molar-refractivity contribution in [1.82, 2.24) is 0 Å². The van der Waals surface area contributed by atoms with E-state index in [0.717, 1.165) is 11.3 Å². The Morgan fingerprint density at radius 2 is 1.71 bits per heavy atom. The molecular formula is C20H19NO7. The lowest BCUT2D eigenvalue weighted by Crippen LogP contribution is -2.44. The molecule has 8 heteroatoms. The summed E-state index contributed by atoms with van der Waals surface area (Å²) in [5.41, 5.74) is 2.52. The van der Waals surface area contributed by atoms with Crippen molar-refractivity contribution in [3.8, 4) is 28.7 Å². The van der Waals surface area contributed by atoms with Gasteiger partial charge in [0.05, 0.1) is 20.8 Å². The first-order valence-corrected chi connectivity index (χ1v) is 8.94. The standard InChI is InChI=1S/C20H19NO7/c1-24-16-5-12(6-17(25-2)19(16)22)21-13-7-15-14(27-9-28-15)4-10(13)3-11-8-26-20(23)18(11)21/h4-7,11,18,22H,3,8-9H2,1-2H3/t11-,18?/m0/s1. The van der Waals surface area contributed by atoms with Crippen molar-refractivity contribution in [1.29, 1.82) is 0 Å². The van der Waals surface area contributed by atoms with Gasteiger partial charge in [-0.1, -0.05) is 0 Å². The molecule has 0 bridgehead atoms. The SMILES string of the molecule is COc1cc(N2c3cc4c(cc3C[C@H]3COC(=O)C32)OCO4)cc(OC)c1O. The highest BCUT2D eigenvalue weighted by atomic mass is 16.7. The van der Waals surface area contributed by atoms with Crippen molar-refractivity contribution < 1.29 is 33.6 Å². The van der Waals surface area contributed by atoms with Gasteiger partial charge in [-0.3, -0.25) is 0 Å². The van der Waals surface area contributed by atoms with Gasteiger partial charge in [-0.25, -0.2) is 4.79 Å². The summed E-state index contributed by atoms with van der Waals surface area (Å²) in [5, 5.41) is 10.3. The predicted octanol–water partition coefficient (Wildman–Crippen LogP) is 2.37. The number of rotatable bonds is 3. The fraction of sp³-hybridized carbons (Fsp3) is 0.350. The molecule has 3 aliphatic heterocycles. The summed E-state index contributed by atoms with van der Waals surface area (Å²) in [6.07, 6.45) is 0.700. The van der Waals surface area contributed by atoms with Gasteiger partial charge in [0.2, 0.25) is 12.5 Å². The first-order chi connectivity index (χ1) is 13.6. The van der Waals surface area contributed by atoms with Crippen LogP contribution in [-0.4, -0.2) is 44.7 Å². The molecule has 0 amide bonds. The van der Waals surface area contributed by atoms with Gasteiger partial charge in [0.15, 0.2) is 23.0 Å². The monoisotopic (exact) mass is 385 g/mol. The lowest BCUT2D eigenvalue weighted by molar-refractivity contribution is -0.138. The normalized spacial score (nSPS) is 21.8. The van der Waals surface area contributed by atoms with E-state index in [1.807, 2.05) is 17.0 Å². The first-order valence-electron chi connectivity index (χ1n) is 8.94. The molecule has 0 aliphatic carbocycles. The third-order valence-electron chi connectivity index (χ3n) is 5.46. The number of aromatic hydroxyl groups is 1. The Hall–Kier alpha value is -3.29. The van der Waals surface area contributed by atoms with Crippen LogP contribution in [0.5, 0.6) is 28.7 Å². The number of ether oxygens (including phenoxy) is 5. The van der Waals surface area contributed by atoms with E-state index in [4.69, 9.17) is 23.7 Å². The number of methoxy groups -OCH3 is 2. The van der Waals surface area contributed by atoms with Crippen molar-refractivity contribution in [2.75, 3.05) is 32.5 Å². The molecule has 1 unspecified atom stereocenters. The van der Waals surface area contributed by atoms with Crippen LogP contribution in [0.25, 0.3) is 0 Å². The molecule has 3 heterocycles. The van der Waals surface area contributed by atoms with E-state index in [2.05, 4.69) is 0 Å². The summed E-state index contributed by atoms with van der Waals surface area (Å²) in [6, 6.07) is 6.72. The number of carbonyl (C=O) groups excluding carboxylic acids is 1.